The van der Waals surface area contributed by atoms with E-state index < -0.39 is 5.89 Å². The van der Waals surface area contributed by atoms with E-state index in [0.29, 0.717) is 11.4 Å². The summed E-state index contributed by atoms with van der Waals surface area (Å²) in [7, 11) is 0. The fourth-order valence-corrected chi connectivity index (χ4v) is 8.77. The van der Waals surface area contributed by atoms with Gasteiger partial charge in [0.1, 0.15) is 11.6 Å². The summed E-state index contributed by atoms with van der Waals surface area (Å²) in [6.07, 6.45) is 1.87. The number of hydrogen-bond donors (Lipinski definition) is 1. The minimum atomic E-state index is -0.672. The van der Waals surface area contributed by atoms with E-state index in [0.717, 1.165) is 72.5 Å². The summed E-state index contributed by atoms with van der Waals surface area (Å²) in [5, 5.41) is 12.5. The van der Waals surface area contributed by atoms with Crippen molar-refractivity contribution in [2.45, 2.75) is 124 Å². The standard InChI is InChI=1S/C61H66N3O.Pt/c1-38(2)39-23-25-40(26-24-39)42-29-30-62-53(34-42)44-31-43(32-45(33-44)58(3,4)5)49-21-18-22-54-55(49)63-57(50-35-46(59(6,7)8)36-52(56(50)65)61(12,13)14)64(54)47-27-28-48(41-19-16-15-17-20-41)51(37-47)60(9,10)11;/h15-30,32-38,65H,1-14H3;/q-1;/i38D;. The van der Waals surface area contributed by atoms with Crippen molar-refractivity contribution in [3.63, 3.8) is 0 Å². The summed E-state index contributed by atoms with van der Waals surface area (Å²) in [6, 6.07) is 48.9. The number of fused-ring (bicyclic) bond motifs is 1. The largest absolute Gasteiger partial charge is 0.507 e. The molecule has 0 aliphatic carbocycles. The number of imidazole rings is 1. The predicted octanol–water partition coefficient (Wildman–Crippen LogP) is 16.6. The van der Waals surface area contributed by atoms with Crippen molar-refractivity contribution in [1.82, 2.24) is 14.5 Å². The first kappa shape index (κ1) is 46.9. The van der Waals surface area contributed by atoms with Crippen LogP contribution >= 0.6 is 0 Å². The topological polar surface area (TPSA) is 50.9 Å². The SMILES string of the molecule is [2H]C(C)(C)c1ccc(-c2ccnc(-c3[c-]c(-c4cccc5c4nc(-c4cc(C(C)(C)C)cc(C(C)(C)C)c4O)n5-c4ccc(-c5ccccc5)c(C(C)(C)C)c4)cc(C(C)(C)C)c3)c2)cc1.[Pt]. The number of pyridine rings is 1. The monoisotopic (exact) mass is 1050 g/mol. The van der Waals surface area contributed by atoms with E-state index in [2.05, 4.69) is 203 Å². The van der Waals surface area contributed by atoms with Gasteiger partial charge in [-0.25, -0.2) is 4.98 Å². The summed E-state index contributed by atoms with van der Waals surface area (Å²) in [6.45, 7) is 30.5. The molecule has 2 heterocycles. The molecule has 0 fully saturated rings. The van der Waals surface area contributed by atoms with Gasteiger partial charge in [-0.2, -0.15) is 0 Å². The maximum Gasteiger partial charge on any atom is 0.148 e. The molecular weight excluding hydrogens is 986 g/mol. The Bertz CT molecular complexity index is 3090. The molecule has 0 unspecified atom stereocenters. The van der Waals surface area contributed by atoms with Crippen LogP contribution in [0.2, 0.25) is 0 Å². The van der Waals surface area contributed by atoms with Crippen LogP contribution in [0.1, 0.15) is 132 Å². The number of para-hydroxylation sites is 1. The third-order valence-corrected chi connectivity index (χ3v) is 12.7. The minimum absolute atomic E-state index is 0. The van der Waals surface area contributed by atoms with E-state index in [1.807, 2.05) is 38.2 Å². The molecule has 0 aliphatic rings. The van der Waals surface area contributed by atoms with Crippen molar-refractivity contribution in [2.75, 3.05) is 0 Å². The van der Waals surface area contributed by atoms with Crippen molar-refractivity contribution >= 4 is 11.0 Å². The van der Waals surface area contributed by atoms with Gasteiger partial charge in [-0.05, 0) is 96.8 Å². The van der Waals surface area contributed by atoms with E-state index >= 15 is 0 Å². The zero-order valence-electron chi connectivity index (χ0n) is 42.3. The third-order valence-electron chi connectivity index (χ3n) is 12.7. The maximum absolute atomic E-state index is 12.5. The zero-order chi connectivity index (χ0) is 47.7. The number of benzene rings is 6. The molecule has 0 amide bonds. The van der Waals surface area contributed by atoms with Gasteiger partial charge in [0.25, 0.3) is 0 Å². The first-order valence-corrected chi connectivity index (χ1v) is 23.0. The number of hydrogen-bond acceptors (Lipinski definition) is 3. The smallest absolute Gasteiger partial charge is 0.148 e. The Labute approximate surface area is 410 Å². The maximum atomic E-state index is 12.5. The van der Waals surface area contributed by atoms with E-state index in [-0.39, 0.29) is 48.5 Å². The van der Waals surface area contributed by atoms with Gasteiger partial charge in [-0.3, -0.25) is 9.55 Å². The Kier molecular flexibility index (Phi) is 12.7. The first-order chi connectivity index (χ1) is 30.8. The molecule has 342 valence electrons. The minimum Gasteiger partial charge on any atom is -0.507 e. The Hall–Kier alpha value is -5.57. The number of nitrogens with zero attached hydrogens (tertiary/aromatic N) is 3. The normalized spacial score (nSPS) is 12.8. The van der Waals surface area contributed by atoms with Gasteiger partial charge in [-0.1, -0.05) is 193 Å². The molecule has 8 rings (SSSR count). The third kappa shape index (κ3) is 9.63. The number of phenols is 1. The molecule has 6 aromatic carbocycles. The van der Waals surface area contributed by atoms with Crippen LogP contribution < -0.4 is 0 Å². The van der Waals surface area contributed by atoms with Crippen molar-refractivity contribution < 1.29 is 27.5 Å². The first-order valence-electron chi connectivity index (χ1n) is 23.5. The van der Waals surface area contributed by atoms with Crippen LogP contribution in [0, 0.1) is 6.07 Å². The second-order valence-electron chi connectivity index (χ2n) is 22.2. The summed E-state index contributed by atoms with van der Waals surface area (Å²) in [5.41, 5.74) is 16.0. The number of rotatable bonds is 7. The number of aromatic nitrogens is 3. The quantitative estimate of drug-likeness (QED) is 0.162. The molecule has 0 spiro atoms. The zero-order valence-corrected chi connectivity index (χ0v) is 43.6. The van der Waals surface area contributed by atoms with Crippen molar-refractivity contribution in [3.05, 3.63) is 167 Å². The van der Waals surface area contributed by atoms with Gasteiger partial charge in [0.05, 0.1) is 16.6 Å². The van der Waals surface area contributed by atoms with Crippen LogP contribution in [-0.2, 0) is 42.7 Å². The summed E-state index contributed by atoms with van der Waals surface area (Å²) in [4.78, 5) is 10.6. The molecule has 0 radical (unpaired) electrons. The van der Waals surface area contributed by atoms with Gasteiger partial charge in [0.2, 0.25) is 0 Å². The molecule has 1 N–H and O–H groups in total. The number of phenolic OH excluding ortho intramolecular Hbond substituents is 1. The molecule has 4 nitrogen and oxygen atoms in total. The van der Waals surface area contributed by atoms with Crippen LogP contribution in [0.25, 0.3) is 72.7 Å². The molecular formula is C61H66N3OPt-. The molecule has 5 heteroatoms. The molecule has 0 bridgehead atoms. The van der Waals surface area contributed by atoms with Gasteiger partial charge in [0, 0.05) is 45.6 Å². The fourth-order valence-electron chi connectivity index (χ4n) is 8.77. The summed E-state index contributed by atoms with van der Waals surface area (Å²) < 4.78 is 10.8. The average molecular weight is 1050 g/mol. The molecule has 0 aliphatic heterocycles. The Morgan fingerprint density at radius 1 is 0.561 bits per heavy atom. The molecule has 66 heavy (non-hydrogen) atoms. The molecule has 8 aromatic rings. The van der Waals surface area contributed by atoms with Gasteiger partial charge in [-0.15, -0.1) is 29.3 Å². The van der Waals surface area contributed by atoms with Crippen LogP contribution in [-0.4, -0.2) is 19.6 Å². The van der Waals surface area contributed by atoms with Crippen molar-refractivity contribution in [2.24, 2.45) is 0 Å². The Morgan fingerprint density at radius 3 is 1.82 bits per heavy atom. The van der Waals surface area contributed by atoms with Gasteiger partial charge in [0.15, 0.2) is 0 Å². The van der Waals surface area contributed by atoms with Crippen LogP contribution in [0.3, 0.4) is 0 Å². The molecule has 0 atom stereocenters. The van der Waals surface area contributed by atoms with E-state index in [4.69, 9.17) is 11.3 Å². The summed E-state index contributed by atoms with van der Waals surface area (Å²) in [5.74, 6) is 0.257. The van der Waals surface area contributed by atoms with Gasteiger partial charge < -0.3 is 5.11 Å². The fraction of sp³-hybridized carbons (Fsp3) is 0.311. The van der Waals surface area contributed by atoms with Crippen LogP contribution in [0.4, 0.5) is 0 Å². The van der Waals surface area contributed by atoms with Crippen LogP contribution in [0.15, 0.2) is 134 Å². The van der Waals surface area contributed by atoms with Crippen LogP contribution in [0.5, 0.6) is 5.75 Å². The Balaban J connectivity index is 0.00000666. The number of aromatic hydroxyl groups is 1. The van der Waals surface area contributed by atoms with Crippen molar-refractivity contribution in [3.8, 4) is 67.5 Å². The Morgan fingerprint density at radius 2 is 1.20 bits per heavy atom. The second kappa shape index (κ2) is 17.9. The van der Waals surface area contributed by atoms with E-state index in [1.165, 1.54) is 16.7 Å². The molecule has 2 aromatic heterocycles. The average Bonchev–Trinajstić information content (AvgIpc) is 3.64. The van der Waals surface area contributed by atoms with E-state index in [1.54, 1.807) is 0 Å². The molecule has 0 saturated heterocycles. The second-order valence-corrected chi connectivity index (χ2v) is 22.2. The summed E-state index contributed by atoms with van der Waals surface area (Å²) >= 11 is 0. The van der Waals surface area contributed by atoms with E-state index in [9.17, 15) is 5.11 Å². The van der Waals surface area contributed by atoms with Gasteiger partial charge >= 0.3 is 0 Å². The van der Waals surface area contributed by atoms with Crippen molar-refractivity contribution in [1.29, 1.82) is 0 Å². The predicted molar refractivity (Wildman–Crippen MR) is 275 cm³/mol. The molecule has 0 saturated carbocycles.